The SMILES string of the molecule is CC(NC(=O)c1cc(NCC2CCN(C(=O)OC(C)(C)C)CC2)ncn1)c1ncc(C=O)s1. The molecule has 1 unspecified atom stereocenters. The zero-order valence-corrected chi connectivity index (χ0v) is 20.1. The normalized spacial score (nSPS) is 15.6. The molecule has 3 heterocycles. The molecule has 2 N–H and O–H groups in total. The molecule has 2 aromatic rings. The van der Waals surface area contributed by atoms with E-state index in [0.29, 0.717) is 41.3 Å². The van der Waals surface area contributed by atoms with Gasteiger partial charge in [0.2, 0.25) is 0 Å². The lowest BCUT2D eigenvalue weighted by molar-refractivity contribution is 0.0188. The summed E-state index contributed by atoms with van der Waals surface area (Å²) in [5.74, 6) is 0.601. The summed E-state index contributed by atoms with van der Waals surface area (Å²) in [7, 11) is 0. The summed E-state index contributed by atoms with van der Waals surface area (Å²) in [6, 6.07) is 1.26. The Bertz CT molecular complexity index is 981. The van der Waals surface area contributed by atoms with Crippen molar-refractivity contribution in [3.63, 3.8) is 0 Å². The molecule has 0 aliphatic carbocycles. The number of carbonyl (C=O) groups excluding carboxylic acids is 3. The Hall–Kier alpha value is -3.08. The van der Waals surface area contributed by atoms with Crippen LogP contribution in [-0.2, 0) is 4.74 Å². The Labute approximate surface area is 197 Å². The zero-order valence-electron chi connectivity index (χ0n) is 19.3. The fourth-order valence-electron chi connectivity index (χ4n) is 3.36. The molecule has 1 aliphatic heterocycles. The quantitative estimate of drug-likeness (QED) is 0.586. The van der Waals surface area contributed by atoms with Gasteiger partial charge in [-0.05, 0) is 46.5 Å². The van der Waals surface area contributed by atoms with Crippen LogP contribution in [0.1, 0.15) is 71.7 Å². The Morgan fingerprint density at radius 3 is 2.64 bits per heavy atom. The number of aldehydes is 1. The van der Waals surface area contributed by atoms with Gasteiger partial charge in [0.05, 0.1) is 10.9 Å². The summed E-state index contributed by atoms with van der Waals surface area (Å²) in [5.41, 5.74) is -0.255. The largest absolute Gasteiger partial charge is 0.444 e. The number of hydrogen-bond acceptors (Lipinski definition) is 9. The summed E-state index contributed by atoms with van der Waals surface area (Å²) in [6.07, 6.45) is 5.02. The molecule has 1 aliphatic rings. The fourth-order valence-corrected chi connectivity index (χ4v) is 4.10. The monoisotopic (exact) mass is 474 g/mol. The number of thiazole rings is 1. The smallest absolute Gasteiger partial charge is 0.410 e. The lowest BCUT2D eigenvalue weighted by Gasteiger charge is -2.33. The summed E-state index contributed by atoms with van der Waals surface area (Å²) in [4.78, 5) is 50.3. The van der Waals surface area contributed by atoms with Crippen molar-refractivity contribution in [2.45, 2.75) is 52.2 Å². The summed E-state index contributed by atoms with van der Waals surface area (Å²) >= 11 is 1.24. The van der Waals surface area contributed by atoms with Gasteiger partial charge in [0.15, 0.2) is 6.29 Å². The van der Waals surface area contributed by atoms with Crippen molar-refractivity contribution in [3.05, 3.63) is 34.2 Å². The molecule has 1 fully saturated rings. The number of nitrogens with one attached hydrogen (secondary N) is 2. The number of amides is 2. The molecule has 0 spiro atoms. The summed E-state index contributed by atoms with van der Waals surface area (Å²) in [5, 5.41) is 6.76. The molecule has 2 amide bonds. The highest BCUT2D eigenvalue weighted by Crippen LogP contribution is 2.21. The minimum absolute atomic E-state index is 0.242. The van der Waals surface area contributed by atoms with Crippen LogP contribution in [0, 0.1) is 5.92 Å². The second-order valence-electron chi connectivity index (χ2n) is 8.99. The maximum absolute atomic E-state index is 12.6. The maximum Gasteiger partial charge on any atom is 0.410 e. The minimum atomic E-state index is -0.497. The number of anilines is 1. The Kier molecular flexibility index (Phi) is 7.96. The number of carbonyl (C=O) groups is 3. The first-order valence-electron chi connectivity index (χ1n) is 10.9. The predicted molar refractivity (Wildman–Crippen MR) is 124 cm³/mol. The van der Waals surface area contributed by atoms with Crippen molar-refractivity contribution in [2.24, 2.45) is 5.92 Å². The van der Waals surface area contributed by atoms with Crippen LogP contribution in [0.4, 0.5) is 10.6 Å². The van der Waals surface area contributed by atoms with Crippen LogP contribution in [0.15, 0.2) is 18.6 Å². The van der Waals surface area contributed by atoms with E-state index in [0.717, 1.165) is 19.1 Å². The van der Waals surface area contributed by atoms with E-state index in [1.165, 1.54) is 23.9 Å². The Morgan fingerprint density at radius 2 is 2.00 bits per heavy atom. The van der Waals surface area contributed by atoms with E-state index in [-0.39, 0.29) is 23.7 Å². The number of likely N-dealkylation sites (tertiary alicyclic amines) is 1. The van der Waals surface area contributed by atoms with Gasteiger partial charge in [-0.25, -0.2) is 19.7 Å². The van der Waals surface area contributed by atoms with E-state index < -0.39 is 5.60 Å². The number of rotatable bonds is 7. The number of piperidine rings is 1. The first-order chi connectivity index (χ1) is 15.6. The van der Waals surface area contributed by atoms with Crippen molar-refractivity contribution >= 4 is 35.4 Å². The second-order valence-corrected chi connectivity index (χ2v) is 10.1. The molecule has 1 atom stereocenters. The highest BCUT2D eigenvalue weighted by atomic mass is 32.1. The Morgan fingerprint density at radius 1 is 1.27 bits per heavy atom. The lowest BCUT2D eigenvalue weighted by Crippen LogP contribution is -2.42. The van der Waals surface area contributed by atoms with Crippen LogP contribution in [0.3, 0.4) is 0 Å². The topological polar surface area (TPSA) is 126 Å². The molecular weight excluding hydrogens is 444 g/mol. The van der Waals surface area contributed by atoms with Crippen molar-refractivity contribution in [1.29, 1.82) is 0 Å². The van der Waals surface area contributed by atoms with Gasteiger partial charge >= 0.3 is 6.09 Å². The number of nitrogens with zero attached hydrogens (tertiary/aromatic N) is 4. The van der Waals surface area contributed by atoms with Crippen molar-refractivity contribution in [1.82, 2.24) is 25.2 Å². The maximum atomic E-state index is 12.6. The van der Waals surface area contributed by atoms with Gasteiger partial charge in [0.1, 0.15) is 28.4 Å². The molecule has 178 valence electrons. The average Bonchev–Trinajstić information content (AvgIpc) is 3.26. The van der Waals surface area contributed by atoms with Crippen LogP contribution >= 0.6 is 11.3 Å². The van der Waals surface area contributed by atoms with Crippen LogP contribution in [-0.4, -0.2) is 63.4 Å². The van der Waals surface area contributed by atoms with Crippen molar-refractivity contribution in [2.75, 3.05) is 25.0 Å². The molecule has 0 radical (unpaired) electrons. The first-order valence-corrected chi connectivity index (χ1v) is 11.7. The van der Waals surface area contributed by atoms with Crippen LogP contribution in [0.25, 0.3) is 0 Å². The van der Waals surface area contributed by atoms with Crippen LogP contribution < -0.4 is 10.6 Å². The first kappa shape index (κ1) is 24.6. The molecule has 33 heavy (non-hydrogen) atoms. The van der Waals surface area contributed by atoms with Gasteiger partial charge in [-0.3, -0.25) is 9.59 Å². The summed E-state index contributed by atoms with van der Waals surface area (Å²) < 4.78 is 5.44. The van der Waals surface area contributed by atoms with E-state index in [4.69, 9.17) is 4.74 Å². The standard InChI is InChI=1S/C22H30N6O4S/c1-14(20-24-11-16(12-29)33-20)27-19(30)17-9-18(26-13-25-17)23-10-15-5-7-28(8-6-15)21(31)32-22(2,3)4/h9,11-15H,5-8,10H2,1-4H3,(H,27,30)(H,23,25,26). The minimum Gasteiger partial charge on any atom is -0.444 e. The number of ether oxygens (including phenoxy) is 1. The third-order valence-electron chi connectivity index (χ3n) is 5.11. The van der Waals surface area contributed by atoms with Crippen LogP contribution in [0.2, 0.25) is 0 Å². The second kappa shape index (κ2) is 10.7. The molecule has 0 bridgehead atoms. The zero-order chi connectivity index (χ0) is 24.0. The Balaban J connectivity index is 1.48. The molecule has 0 saturated carbocycles. The van der Waals surface area contributed by atoms with Gasteiger partial charge < -0.3 is 20.3 Å². The van der Waals surface area contributed by atoms with Gasteiger partial charge in [0, 0.05) is 31.9 Å². The molecule has 0 aromatic carbocycles. The predicted octanol–water partition coefficient (Wildman–Crippen LogP) is 3.30. The van der Waals surface area contributed by atoms with Crippen LogP contribution in [0.5, 0.6) is 0 Å². The van der Waals surface area contributed by atoms with E-state index in [1.54, 1.807) is 17.9 Å². The van der Waals surface area contributed by atoms with Gasteiger partial charge in [0.25, 0.3) is 5.91 Å². The van der Waals surface area contributed by atoms with Gasteiger partial charge in [-0.15, -0.1) is 11.3 Å². The third-order valence-corrected chi connectivity index (χ3v) is 6.22. The van der Waals surface area contributed by atoms with Crippen molar-refractivity contribution < 1.29 is 19.1 Å². The number of aromatic nitrogens is 3. The molecule has 11 heteroatoms. The average molecular weight is 475 g/mol. The lowest BCUT2D eigenvalue weighted by atomic mass is 9.97. The van der Waals surface area contributed by atoms with Crippen molar-refractivity contribution in [3.8, 4) is 0 Å². The molecule has 10 nitrogen and oxygen atoms in total. The highest BCUT2D eigenvalue weighted by molar-refractivity contribution is 7.13. The number of hydrogen-bond donors (Lipinski definition) is 2. The third kappa shape index (κ3) is 7.21. The summed E-state index contributed by atoms with van der Waals surface area (Å²) in [6.45, 7) is 9.38. The van der Waals surface area contributed by atoms with E-state index in [9.17, 15) is 14.4 Å². The molecule has 1 saturated heterocycles. The molecule has 3 rings (SSSR count). The molecule has 2 aromatic heterocycles. The van der Waals surface area contributed by atoms with E-state index in [2.05, 4.69) is 25.6 Å². The van der Waals surface area contributed by atoms with E-state index >= 15 is 0 Å². The molecular formula is C22H30N6O4S. The van der Waals surface area contributed by atoms with Gasteiger partial charge in [-0.2, -0.15) is 0 Å². The highest BCUT2D eigenvalue weighted by Gasteiger charge is 2.27. The fraction of sp³-hybridized carbons (Fsp3) is 0.545. The van der Waals surface area contributed by atoms with Gasteiger partial charge in [-0.1, -0.05) is 0 Å². The van der Waals surface area contributed by atoms with E-state index in [1.807, 2.05) is 20.8 Å².